The van der Waals surface area contributed by atoms with Gasteiger partial charge in [0.1, 0.15) is 23.7 Å². The molecule has 0 fully saturated rings. The molecule has 1 N–H and O–H groups in total. The van der Waals surface area contributed by atoms with Crippen LogP contribution in [0.25, 0.3) is 10.9 Å². The molecule has 2 heterocycles. The standard InChI is InChI=1S/C15H14N4O/c1-16-14-9-18-12(8-19-14)10-20-13-6-2-4-11-5-3-7-17-15(11)13/h2-9H,10H2,1H3,(H,16,19). The summed E-state index contributed by atoms with van der Waals surface area (Å²) in [5.74, 6) is 1.49. The highest BCUT2D eigenvalue weighted by Crippen LogP contribution is 2.23. The number of fused-ring (bicyclic) bond motifs is 1. The summed E-state index contributed by atoms with van der Waals surface area (Å²) in [7, 11) is 1.81. The lowest BCUT2D eigenvalue weighted by Gasteiger charge is -2.08. The van der Waals surface area contributed by atoms with Gasteiger partial charge in [0.25, 0.3) is 0 Å². The van der Waals surface area contributed by atoms with Crippen LogP contribution in [0.1, 0.15) is 5.69 Å². The second kappa shape index (κ2) is 5.52. The van der Waals surface area contributed by atoms with Gasteiger partial charge in [-0.1, -0.05) is 18.2 Å². The zero-order chi connectivity index (χ0) is 13.8. The number of hydrogen-bond donors (Lipinski definition) is 1. The number of benzene rings is 1. The van der Waals surface area contributed by atoms with Crippen molar-refractivity contribution in [2.24, 2.45) is 0 Å². The largest absolute Gasteiger partial charge is 0.485 e. The Labute approximate surface area is 116 Å². The molecule has 0 saturated heterocycles. The number of ether oxygens (including phenoxy) is 1. The highest BCUT2D eigenvalue weighted by atomic mass is 16.5. The minimum Gasteiger partial charge on any atom is -0.485 e. The number of hydrogen-bond acceptors (Lipinski definition) is 5. The number of nitrogens with zero attached hydrogens (tertiary/aromatic N) is 3. The maximum atomic E-state index is 5.79. The van der Waals surface area contributed by atoms with E-state index in [0.29, 0.717) is 6.61 Å². The number of nitrogens with one attached hydrogen (secondary N) is 1. The fourth-order valence-corrected chi connectivity index (χ4v) is 1.90. The molecule has 2 aromatic heterocycles. The third kappa shape index (κ3) is 2.51. The summed E-state index contributed by atoms with van der Waals surface area (Å²) in [6.45, 7) is 0.368. The van der Waals surface area contributed by atoms with Gasteiger partial charge in [-0.25, -0.2) is 4.98 Å². The lowest BCUT2D eigenvalue weighted by Crippen LogP contribution is -2.01. The molecule has 0 radical (unpaired) electrons. The van der Waals surface area contributed by atoms with Crippen molar-refractivity contribution in [3.05, 3.63) is 54.6 Å². The van der Waals surface area contributed by atoms with Crippen LogP contribution in [0.15, 0.2) is 48.9 Å². The SMILES string of the molecule is CNc1cnc(COc2cccc3cccnc23)cn1. The molecule has 1 aromatic carbocycles. The predicted molar refractivity (Wildman–Crippen MR) is 77.7 cm³/mol. The normalized spacial score (nSPS) is 10.4. The fraction of sp³-hybridized carbons (Fsp3) is 0.133. The first kappa shape index (κ1) is 12.3. The predicted octanol–water partition coefficient (Wildman–Crippen LogP) is 2.65. The number of rotatable bonds is 4. The number of aromatic nitrogens is 3. The van der Waals surface area contributed by atoms with Gasteiger partial charge >= 0.3 is 0 Å². The third-order valence-electron chi connectivity index (χ3n) is 2.93. The van der Waals surface area contributed by atoms with Gasteiger partial charge in [-0.3, -0.25) is 9.97 Å². The molecule has 5 nitrogen and oxygen atoms in total. The first-order chi connectivity index (χ1) is 9.86. The second-order valence-electron chi connectivity index (χ2n) is 4.26. The van der Waals surface area contributed by atoms with Gasteiger partial charge in [0.05, 0.1) is 18.1 Å². The zero-order valence-corrected chi connectivity index (χ0v) is 11.1. The topological polar surface area (TPSA) is 59.9 Å². The van der Waals surface area contributed by atoms with Crippen LogP contribution in [0.3, 0.4) is 0 Å². The summed E-state index contributed by atoms with van der Waals surface area (Å²) >= 11 is 0. The minimum atomic E-state index is 0.368. The van der Waals surface area contributed by atoms with E-state index in [-0.39, 0.29) is 0 Å². The molecule has 5 heteroatoms. The van der Waals surface area contributed by atoms with Gasteiger partial charge in [0.15, 0.2) is 0 Å². The lowest BCUT2D eigenvalue weighted by atomic mass is 10.2. The van der Waals surface area contributed by atoms with Crippen molar-refractivity contribution in [2.75, 3.05) is 12.4 Å². The number of para-hydroxylation sites is 1. The van der Waals surface area contributed by atoms with Crippen LogP contribution in [0, 0.1) is 0 Å². The van der Waals surface area contributed by atoms with Crippen molar-refractivity contribution in [3.63, 3.8) is 0 Å². The molecule has 0 bridgehead atoms. The van der Waals surface area contributed by atoms with Crippen molar-refractivity contribution in [1.29, 1.82) is 0 Å². The maximum absolute atomic E-state index is 5.79. The summed E-state index contributed by atoms with van der Waals surface area (Å²) < 4.78 is 5.79. The number of pyridine rings is 1. The van der Waals surface area contributed by atoms with Crippen LogP contribution < -0.4 is 10.1 Å². The summed E-state index contributed by atoms with van der Waals surface area (Å²) in [4.78, 5) is 12.8. The first-order valence-electron chi connectivity index (χ1n) is 6.32. The van der Waals surface area contributed by atoms with Gasteiger partial charge < -0.3 is 10.1 Å². The molecule has 3 aromatic rings. The Morgan fingerprint density at radius 2 is 1.95 bits per heavy atom. The van der Waals surface area contributed by atoms with E-state index in [1.807, 2.05) is 37.4 Å². The van der Waals surface area contributed by atoms with Crippen molar-refractivity contribution in [3.8, 4) is 5.75 Å². The van der Waals surface area contributed by atoms with Crippen LogP contribution in [0.2, 0.25) is 0 Å². The summed E-state index contributed by atoms with van der Waals surface area (Å²) in [5, 5.41) is 3.98. The molecule has 0 unspecified atom stereocenters. The average Bonchev–Trinajstić information content (AvgIpc) is 2.53. The molecular formula is C15H14N4O. The highest BCUT2D eigenvalue weighted by Gasteiger charge is 2.04. The summed E-state index contributed by atoms with van der Waals surface area (Å²) in [6, 6.07) is 9.79. The Morgan fingerprint density at radius 1 is 1.05 bits per heavy atom. The van der Waals surface area contributed by atoms with Crippen LogP contribution in [-0.2, 0) is 6.61 Å². The Kier molecular flexibility index (Phi) is 3.41. The third-order valence-corrected chi connectivity index (χ3v) is 2.93. The Hall–Kier alpha value is -2.69. The lowest BCUT2D eigenvalue weighted by molar-refractivity contribution is 0.304. The van der Waals surface area contributed by atoms with Gasteiger partial charge in [0.2, 0.25) is 0 Å². The Morgan fingerprint density at radius 3 is 2.75 bits per heavy atom. The smallest absolute Gasteiger partial charge is 0.146 e. The number of anilines is 1. The van der Waals surface area contributed by atoms with Gasteiger partial charge in [-0.2, -0.15) is 0 Å². The molecule has 0 aliphatic heterocycles. The van der Waals surface area contributed by atoms with Crippen molar-refractivity contribution >= 4 is 16.7 Å². The van der Waals surface area contributed by atoms with Crippen LogP contribution in [-0.4, -0.2) is 22.0 Å². The van der Waals surface area contributed by atoms with Crippen LogP contribution in [0.5, 0.6) is 5.75 Å². The Balaban J connectivity index is 1.79. The quantitative estimate of drug-likeness (QED) is 0.786. The van der Waals surface area contributed by atoms with E-state index in [1.165, 1.54) is 0 Å². The Bertz CT molecular complexity index is 707. The molecule has 100 valence electrons. The highest BCUT2D eigenvalue weighted by molar-refractivity contribution is 5.84. The molecule has 3 rings (SSSR count). The van der Waals surface area contributed by atoms with E-state index < -0.39 is 0 Å². The molecule has 0 amide bonds. The van der Waals surface area contributed by atoms with Gasteiger partial charge in [0, 0.05) is 18.6 Å². The minimum absolute atomic E-state index is 0.368. The van der Waals surface area contributed by atoms with Gasteiger partial charge in [-0.15, -0.1) is 0 Å². The summed E-state index contributed by atoms with van der Waals surface area (Å²) in [5.41, 5.74) is 1.63. The fourth-order valence-electron chi connectivity index (χ4n) is 1.90. The molecule has 20 heavy (non-hydrogen) atoms. The van der Waals surface area contributed by atoms with E-state index in [2.05, 4.69) is 20.3 Å². The monoisotopic (exact) mass is 266 g/mol. The van der Waals surface area contributed by atoms with Crippen LogP contribution in [0.4, 0.5) is 5.82 Å². The molecular weight excluding hydrogens is 252 g/mol. The average molecular weight is 266 g/mol. The second-order valence-corrected chi connectivity index (χ2v) is 4.26. The zero-order valence-electron chi connectivity index (χ0n) is 11.1. The molecule has 0 saturated carbocycles. The maximum Gasteiger partial charge on any atom is 0.146 e. The van der Waals surface area contributed by atoms with E-state index in [9.17, 15) is 0 Å². The molecule has 0 atom stereocenters. The summed E-state index contributed by atoms with van der Waals surface area (Å²) in [6.07, 6.45) is 5.14. The van der Waals surface area contributed by atoms with Crippen molar-refractivity contribution < 1.29 is 4.74 Å². The van der Waals surface area contributed by atoms with Crippen LogP contribution >= 0.6 is 0 Å². The first-order valence-corrected chi connectivity index (χ1v) is 6.32. The van der Waals surface area contributed by atoms with Gasteiger partial charge in [-0.05, 0) is 12.1 Å². The van der Waals surface area contributed by atoms with E-state index >= 15 is 0 Å². The molecule has 0 aliphatic rings. The van der Waals surface area contributed by atoms with E-state index in [1.54, 1.807) is 18.6 Å². The molecule has 0 spiro atoms. The molecule has 0 aliphatic carbocycles. The van der Waals surface area contributed by atoms with Crippen molar-refractivity contribution in [1.82, 2.24) is 15.0 Å². The van der Waals surface area contributed by atoms with E-state index in [0.717, 1.165) is 28.2 Å². The van der Waals surface area contributed by atoms with E-state index in [4.69, 9.17) is 4.74 Å². The van der Waals surface area contributed by atoms with Crippen molar-refractivity contribution in [2.45, 2.75) is 6.61 Å².